The maximum atomic E-state index is 3.73. The van der Waals surface area contributed by atoms with Gasteiger partial charge in [-0.05, 0) is 205 Å². The van der Waals surface area contributed by atoms with Crippen LogP contribution in [0.2, 0.25) is 0 Å². The van der Waals surface area contributed by atoms with E-state index in [1.165, 1.54) is 116 Å². The SMILES string of the molecule is Brc1ccc2c(c1)C1(c3ccccc3-c3ccccc31)c1cc(Br)ccc1-2.C.C.Cc1ccc2c(c1)C1(c3ccccc3-c3ccccc31)c1cc(N(c3ccccc3)c3ccc4c(c3)Sc3cc(N(C)c5ccccc5)ccc3N4c3ccccc3)ccc1-2. The van der Waals surface area contributed by atoms with Crippen LogP contribution in [0.1, 0.15) is 64.9 Å². The van der Waals surface area contributed by atoms with Gasteiger partial charge in [0.25, 0.3) is 0 Å². The van der Waals surface area contributed by atoms with Gasteiger partial charge in [-0.3, -0.25) is 0 Å². The maximum absolute atomic E-state index is 3.73. The van der Waals surface area contributed by atoms with Crippen molar-refractivity contribution in [2.24, 2.45) is 0 Å². The molecule has 0 bridgehead atoms. The van der Waals surface area contributed by atoms with Crippen LogP contribution in [-0.2, 0) is 10.8 Å². The molecule has 434 valence electrons. The third kappa shape index (κ3) is 8.45. The highest BCUT2D eigenvalue weighted by molar-refractivity contribution is 9.10. The second-order valence-corrected chi connectivity index (χ2v) is 26.4. The second-order valence-electron chi connectivity index (χ2n) is 23.5. The van der Waals surface area contributed by atoms with E-state index in [2.05, 4.69) is 358 Å². The number of nitrogens with zero attached hydrogens (tertiary/aromatic N) is 3. The molecule has 1 aliphatic heterocycles. The lowest BCUT2D eigenvalue weighted by molar-refractivity contribution is 0.792. The van der Waals surface area contributed by atoms with Gasteiger partial charge >= 0.3 is 0 Å². The third-order valence-corrected chi connectivity index (χ3v) is 21.0. The van der Waals surface area contributed by atoms with E-state index in [0.717, 1.165) is 43.1 Å². The van der Waals surface area contributed by atoms with Crippen molar-refractivity contribution in [1.82, 2.24) is 0 Å². The number of halogens is 2. The predicted octanol–water partition coefficient (Wildman–Crippen LogP) is 24.3. The molecule has 90 heavy (non-hydrogen) atoms. The molecule has 1 heterocycles. The quantitative estimate of drug-likeness (QED) is 0.164. The molecule has 13 aromatic rings. The standard InChI is InChI=1S/C57H41N3S.C25H14Br2.2CH4/c1-38-26-30-47-48-31-27-43(35-52(48)57(51(47)34-38)49-24-14-12-22-45(49)46-23-13-15-25-50(46)57)59(40-18-8-4-9-19-40)44-29-33-54-56(37-44)61-55-36-42(58(2)39-16-6-3-7-17-39)28-32-53(55)60(54)41-20-10-5-11-21-41;26-15-9-11-19-20-12-10-16(27)14-24(20)25(23(19)13-15)21-7-3-1-5-17(21)18-6-2-4-8-22(18)25;;/h3-37H,1-2H3;1-14H;2*1H4. The minimum Gasteiger partial charge on any atom is -0.345 e. The van der Waals surface area contributed by atoms with Gasteiger partial charge in [0.1, 0.15) is 0 Å². The van der Waals surface area contributed by atoms with Crippen LogP contribution in [-0.4, -0.2) is 7.05 Å². The summed E-state index contributed by atoms with van der Waals surface area (Å²) in [4.78, 5) is 9.53. The fraction of sp³-hybridized carbons (Fsp3) is 0.0714. The summed E-state index contributed by atoms with van der Waals surface area (Å²) >= 11 is 9.30. The summed E-state index contributed by atoms with van der Waals surface area (Å²) in [5, 5.41) is 0. The zero-order valence-electron chi connectivity index (χ0n) is 48.3. The summed E-state index contributed by atoms with van der Waals surface area (Å²) in [5.74, 6) is 0. The van der Waals surface area contributed by atoms with E-state index in [0.29, 0.717) is 0 Å². The average molecular weight is 1310 g/mol. The molecule has 0 N–H and O–H groups in total. The van der Waals surface area contributed by atoms with Crippen LogP contribution in [0.5, 0.6) is 0 Å². The molecular weight excluding hydrogens is 1240 g/mol. The van der Waals surface area contributed by atoms with E-state index in [1.54, 1.807) is 0 Å². The minimum absolute atomic E-state index is 0. The third-order valence-electron chi connectivity index (χ3n) is 18.9. The number of hydrogen-bond donors (Lipinski definition) is 0. The van der Waals surface area contributed by atoms with E-state index < -0.39 is 5.41 Å². The van der Waals surface area contributed by atoms with Crippen LogP contribution in [0.4, 0.5) is 45.5 Å². The molecule has 2 spiro atoms. The van der Waals surface area contributed by atoms with Crippen LogP contribution in [0, 0.1) is 6.92 Å². The van der Waals surface area contributed by atoms with Crippen molar-refractivity contribution in [3.05, 3.63) is 356 Å². The van der Waals surface area contributed by atoms with E-state index in [4.69, 9.17) is 0 Å². The molecule has 5 aliphatic rings. The molecule has 0 radical (unpaired) electrons. The number of rotatable bonds is 6. The summed E-state index contributed by atoms with van der Waals surface area (Å²) < 4.78 is 2.24. The van der Waals surface area contributed by atoms with Gasteiger partial charge in [0.2, 0.25) is 0 Å². The number of fused-ring (bicyclic) bond motifs is 22. The number of anilines is 8. The molecule has 0 unspecified atom stereocenters. The number of benzene rings is 13. The molecular formula is C84H63Br2N3S. The largest absolute Gasteiger partial charge is 0.345 e. The monoisotopic (exact) mass is 1300 g/mol. The van der Waals surface area contributed by atoms with Crippen LogP contribution < -0.4 is 14.7 Å². The van der Waals surface area contributed by atoms with Crippen molar-refractivity contribution in [2.75, 3.05) is 21.7 Å². The first-order valence-corrected chi connectivity index (χ1v) is 32.4. The summed E-state index contributed by atoms with van der Waals surface area (Å²) in [6, 6.07) is 110. The summed E-state index contributed by atoms with van der Waals surface area (Å²) in [6.45, 7) is 2.22. The molecule has 0 saturated heterocycles. The summed E-state index contributed by atoms with van der Waals surface area (Å²) in [6.07, 6.45) is 0. The minimum atomic E-state index is -0.432. The zero-order valence-corrected chi connectivity index (χ0v) is 52.3. The van der Waals surface area contributed by atoms with E-state index >= 15 is 0 Å². The topological polar surface area (TPSA) is 9.72 Å². The Hall–Kier alpha value is -9.43. The molecule has 0 aromatic heterocycles. The maximum Gasteiger partial charge on any atom is 0.0726 e. The fourth-order valence-electron chi connectivity index (χ4n) is 15.3. The molecule has 4 aliphatic carbocycles. The van der Waals surface area contributed by atoms with Crippen molar-refractivity contribution < 1.29 is 0 Å². The van der Waals surface area contributed by atoms with Crippen molar-refractivity contribution in [2.45, 2.75) is 42.4 Å². The summed E-state index contributed by atoms with van der Waals surface area (Å²) in [7, 11) is 2.15. The molecule has 0 fully saturated rings. The number of hydrogen-bond acceptors (Lipinski definition) is 4. The highest BCUT2D eigenvalue weighted by Crippen LogP contribution is 2.66. The molecule has 0 saturated carbocycles. The molecule has 0 amide bonds. The van der Waals surface area contributed by atoms with Gasteiger partial charge in [0.05, 0.1) is 22.2 Å². The van der Waals surface area contributed by atoms with Crippen LogP contribution in [0.15, 0.2) is 316 Å². The number of para-hydroxylation sites is 3. The average Bonchev–Trinajstić information content (AvgIpc) is 1.52. The number of aryl methyl sites for hydroxylation is 1. The van der Waals surface area contributed by atoms with E-state index in [1.807, 2.05) is 11.8 Å². The molecule has 13 aromatic carbocycles. The lowest BCUT2D eigenvalue weighted by Crippen LogP contribution is -2.26. The Bertz CT molecular complexity index is 4840. The van der Waals surface area contributed by atoms with Crippen molar-refractivity contribution >= 4 is 89.1 Å². The van der Waals surface area contributed by atoms with Crippen molar-refractivity contribution in [1.29, 1.82) is 0 Å². The van der Waals surface area contributed by atoms with Gasteiger partial charge in [-0.2, -0.15) is 0 Å². The normalized spacial score (nSPS) is 13.5. The first kappa shape index (κ1) is 57.0. The lowest BCUT2D eigenvalue weighted by Gasteiger charge is -2.35. The van der Waals surface area contributed by atoms with Gasteiger partial charge in [-0.1, -0.05) is 252 Å². The highest BCUT2D eigenvalue weighted by Gasteiger charge is 2.53. The van der Waals surface area contributed by atoms with Gasteiger partial charge in [0.15, 0.2) is 0 Å². The zero-order chi connectivity index (χ0) is 58.8. The Morgan fingerprint density at radius 3 is 1.17 bits per heavy atom. The van der Waals surface area contributed by atoms with Gasteiger partial charge in [-0.15, -0.1) is 0 Å². The van der Waals surface area contributed by atoms with E-state index in [9.17, 15) is 0 Å². The van der Waals surface area contributed by atoms with Crippen molar-refractivity contribution in [3.8, 4) is 44.5 Å². The highest BCUT2D eigenvalue weighted by atomic mass is 79.9. The van der Waals surface area contributed by atoms with E-state index in [-0.39, 0.29) is 20.3 Å². The van der Waals surface area contributed by atoms with Gasteiger partial charge in [0, 0.05) is 59.9 Å². The predicted molar refractivity (Wildman–Crippen MR) is 387 cm³/mol. The Kier molecular flexibility index (Phi) is 14.1. The Morgan fingerprint density at radius 1 is 0.311 bits per heavy atom. The summed E-state index contributed by atoms with van der Waals surface area (Å²) in [5.41, 5.74) is 31.2. The molecule has 6 heteroatoms. The Balaban J connectivity index is 0.000000194. The van der Waals surface area contributed by atoms with Crippen molar-refractivity contribution in [3.63, 3.8) is 0 Å². The lowest BCUT2D eigenvalue weighted by atomic mass is 9.70. The van der Waals surface area contributed by atoms with Crippen LogP contribution >= 0.6 is 43.6 Å². The first-order valence-electron chi connectivity index (χ1n) is 30.0. The smallest absolute Gasteiger partial charge is 0.0726 e. The Morgan fingerprint density at radius 2 is 0.667 bits per heavy atom. The molecule has 3 nitrogen and oxygen atoms in total. The van der Waals surface area contributed by atoms with Crippen LogP contribution in [0.3, 0.4) is 0 Å². The van der Waals surface area contributed by atoms with Gasteiger partial charge < -0.3 is 14.7 Å². The fourth-order valence-corrected chi connectivity index (χ4v) is 17.1. The molecule has 18 rings (SSSR count). The van der Waals surface area contributed by atoms with Crippen LogP contribution in [0.25, 0.3) is 44.5 Å². The Labute approximate surface area is 549 Å². The first-order chi connectivity index (χ1) is 43.3. The molecule has 0 atom stereocenters. The second kappa shape index (κ2) is 22.3. The van der Waals surface area contributed by atoms with Gasteiger partial charge in [-0.25, -0.2) is 0 Å².